The van der Waals surface area contributed by atoms with Gasteiger partial charge in [-0.3, -0.25) is 4.79 Å². The first kappa shape index (κ1) is 21.3. The van der Waals surface area contributed by atoms with Crippen LogP contribution in [0.4, 0.5) is 4.39 Å². The van der Waals surface area contributed by atoms with Gasteiger partial charge in [-0.1, -0.05) is 17.7 Å². The summed E-state index contributed by atoms with van der Waals surface area (Å²) < 4.78 is 40.0. The van der Waals surface area contributed by atoms with Crippen LogP contribution in [0.5, 0.6) is 0 Å². The zero-order valence-corrected chi connectivity index (χ0v) is 17.8. The Hall–Kier alpha value is -2.89. The van der Waals surface area contributed by atoms with Crippen LogP contribution in [-0.2, 0) is 21.4 Å². The van der Waals surface area contributed by atoms with Gasteiger partial charge in [0.05, 0.1) is 4.90 Å². The van der Waals surface area contributed by atoms with Crippen molar-refractivity contribution in [1.82, 2.24) is 29.4 Å². The van der Waals surface area contributed by atoms with Crippen molar-refractivity contribution in [2.45, 2.75) is 11.4 Å². The molecule has 12 heteroatoms. The molecule has 0 radical (unpaired) electrons. The quantitative estimate of drug-likeness (QED) is 0.569. The maximum atomic E-state index is 13.4. The fraction of sp³-hybridized carbons (Fsp3) is 0.263. The third kappa shape index (κ3) is 4.73. The lowest BCUT2D eigenvalue weighted by molar-refractivity contribution is -0.133. The summed E-state index contributed by atoms with van der Waals surface area (Å²) in [5.41, 5.74) is 0.722. The van der Waals surface area contributed by atoms with Crippen molar-refractivity contribution in [1.29, 1.82) is 0 Å². The highest BCUT2D eigenvalue weighted by molar-refractivity contribution is 7.89. The Bertz CT molecular complexity index is 1190. The molecule has 9 nitrogen and oxygen atoms in total. The number of hydrogen-bond donors (Lipinski definition) is 0. The van der Waals surface area contributed by atoms with Crippen molar-refractivity contribution < 1.29 is 17.6 Å². The number of hydrogen-bond acceptors (Lipinski definition) is 6. The van der Waals surface area contributed by atoms with E-state index in [-0.39, 0.29) is 43.5 Å². The van der Waals surface area contributed by atoms with E-state index in [4.69, 9.17) is 11.6 Å². The normalized spacial score (nSPS) is 15.2. The summed E-state index contributed by atoms with van der Waals surface area (Å²) in [7, 11) is -3.82. The second kappa shape index (κ2) is 8.69. The van der Waals surface area contributed by atoms with Crippen LogP contribution in [0, 0.1) is 5.82 Å². The number of tetrazole rings is 1. The summed E-state index contributed by atoms with van der Waals surface area (Å²) in [6.45, 7) is 0.548. The molecule has 0 bridgehead atoms. The van der Waals surface area contributed by atoms with Crippen LogP contribution in [0.3, 0.4) is 0 Å². The summed E-state index contributed by atoms with van der Waals surface area (Å²) in [4.78, 5) is 15.2. The largest absolute Gasteiger partial charge is 0.338 e. The minimum atomic E-state index is -3.82. The fourth-order valence-electron chi connectivity index (χ4n) is 3.20. The second-order valence-corrected chi connectivity index (χ2v) is 9.27. The number of rotatable bonds is 5. The van der Waals surface area contributed by atoms with Crippen molar-refractivity contribution in [3.05, 3.63) is 59.4 Å². The van der Waals surface area contributed by atoms with E-state index in [0.717, 1.165) is 11.6 Å². The lowest BCUT2D eigenvalue weighted by Gasteiger charge is -2.33. The van der Waals surface area contributed by atoms with Crippen LogP contribution < -0.4 is 0 Å². The first-order chi connectivity index (χ1) is 14.8. The number of amides is 1. The van der Waals surface area contributed by atoms with Crippen LogP contribution in [-0.4, -0.2) is 69.9 Å². The molecule has 4 rings (SSSR count). The molecule has 3 aromatic rings. The van der Waals surface area contributed by atoms with Crippen molar-refractivity contribution in [2.24, 2.45) is 0 Å². The molecule has 1 saturated heterocycles. The van der Waals surface area contributed by atoms with Gasteiger partial charge in [-0.15, -0.1) is 10.2 Å². The molecule has 0 spiro atoms. The number of aromatic nitrogens is 4. The SMILES string of the molecule is O=C(Cn1nnc(-c2ccc(Cl)cc2)n1)N1CCN(S(=O)(=O)c2cccc(F)c2)CC1. The minimum Gasteiger partial charge on any atom is -0.338 e. The first-order valence-electron chi connectivity index (χ1n) is 9.40. The number of piperazine rings is 1. The van der Waals surface area contributed by atoms with E-state index in [1.165, 1.54) is 27.3 Å². The molecule has 0 atom stereocenters. The molecule has 1 amide bonds. The third-order valence-corrected chi connectivity index (χ3v) is 7.00. The molecular formula is C19H18ClFN6O3S. The maximum Gasteiger partial charge on any atom is 0.246 e. The van der Waals surface area contributed by atoms with Gasteiger partial charge in [0.1, 0.15) is 12.4 Å². The lowest BCUT2D eigenvalue weighted by Crippen LogP contribution is -2.51. The van der Waals surface area contributed by atoms with Crippen molar-refractivity contribution in [3.8, 4) is 11.4 Å². The average Bonchev–Trinajstić information content (AvgIpc) is 3.22. The Labute approximate surface area is 183 Å². The van der Waals surface area contributed by atoms with Crippen LogP contribution >= 0.6 is 11.6 Å². The molecule has 1 fully saturated rings. The fourth-order valence-corrected chi connectivity index (χ4v) is 4.78. The number of sulfonamides is 1. The van der Waals surface area contributed by atoms with Gasteiger partial charge in [0.2, 0.25) is 21.8 Å². The van der Waals surface area contributed by atoms with Crippen molar-refractivity contribution in [3.63, 3.8) is 0 Å². The highest BCUT2D eigenvalue weighted by atomic mass is 35.5. The Morgan fingerprint density at radius 1 is 1.06 bits per heavy atom. The van der Waals surface area contributed by atoms with Gasteiger partial charge in [0.25, 0.3) is 0 Å². The van der Waals surface area contributed by atoms with E-state index < -0.39 is 15.8 Å². The number of halogens is 2. The van der Waals surface area contributed by atoms with E-state index >= 15 is 0 Å². The van der Waals surface area contributed by atoms with Crippen LogP contribution in [0.1, 0.15) is 0 Å². The molecular weight excluding hydrogens is 447 g/mol. The van der Waals surface area contributed by atoms with Crippen LogP contribution in [0.2, 0.25) is 5.02 Å². The van der Waals surface area contributed by atoms with Crippen LogP contribution in [0.15, 0.2) is 53.4 Å². The van der Waals surface area contributed by atoms with Crippen molar-refractivity contribution in [2.75, 3.05) is 26.2 Å². The zero-order chi connectivity index (χ0) is 22.0. The topological polar surface area (TPSA) is 101 Å². The summed E-state index contributed by atoms with van der Waals surface area (Å²) in [6, 6.07) is 11.8. The molecule has 0 aliphatic carbocycles. The number of nitrogens with zero attached hydrogens (tertiary/aromatic N) is 6. The summed E-state index contributed by atoms with van der Waals surface area (Å²) in [5.74, 6) is -0.494. The molecule has 31 heavy (non-hydrogen) atoms. The van der Waals surface area contributed by atoms with Gasteiger partial charge in [-0.2, -0.15) is 9.10 Å². The molecule has 1 aliphatic heterocycles. The molecule has 162 valence electrons. The number of carbonyl (C=O) groups is 1. The summed E-state index contributed by atoms with van der Waals surface area (Å²) in [5, 5.41) is 12.7. The predicted octanol–water partition coefficient (Wildman–Crippen LogP) is 1.67. The summed E-state index contributed by atoms with van der Waals surface area (Å²) in [6.07, 6.45) is 0. The second-order valence-electron chi connectivity index (χ2n) is 6.89. The Morgan fingerprint density at radius 3 is 2.45 bits per heavy atom. The highest BCUT2D eigenvalue weighted by Gasteiger charge is 2.30. The van der Waals surface area contributed by atoms with Gasteiger partial charge in [0.15, 0.2) is 0 Å². The zero-order valence-electron chi connectivity index (χ0n) is 16.2. The number of benzene rings is 2. The molecule has 1 aliphatic rings. The van der Waals surface area contributed by atoms with E-state index in [1.54, 1.807) is 29.2 Å². The molecule has 0 N–H and O–H groups in total. The molecule has 2 aromatic carbocycles. The minimum absolute atomic E-state index is 0.103. The Morgan fingerprint density at radius 2 is 1.77 bits per heavy atom. The van der Waals surface area contributed by atoms with E-state index in [2.05, 4.69) is 15.4 Å². The Balaban J connectivity index is 1.36. The van der Waals surface area contributed by atoms with E-state index in [0.29, 0.717) is 10.8 Å². The van der Waals surface area contributed by atoms with Gasteiger partial charge < -0.3 is 4.90 Å². The van der Waals surface area contributed by atoms with Crippen molar-refractivity contribution >= 4 is 27.5 Å². The maximum absolute atomic E-state index is 13.4. The molecule has 0 unspecified atom stereocenters. The van der Waals surface area contributed by atoms with Crippen LogP contribution in [0.25, 0.3) is 11.4 Å². The van der Waals surface area contributed by atoms with Gasteiger partial charge in [-0.25, -0.2) is 12.8 Å². The smallest absolute Gasteiger partial charge is 0.246 e. The van der Waals surface area contributed by atoms with E-state index in [9.17, 15) is 17.6 Å². The van der Waals surface area contributed by atoms with Gasteiger partial charge >= 0.3 is 0 Å². The predicted molar refractivity (Wildman–Crippen MR) is 110 cm³/mol. The average molecular weight is 465 g/mol. The monoisotopic (exact) mass is 464 g/mol. The summed E-state index contributed by atoms with van der Waals surface area (Å²) >= 11 is 5.87. The molecule has 0 saturated carbocycles. The molecule has 2 heterocycles. The lowest BCUT2D eigenvalue weighted by atomic mass is 10.2. The number of carbonyl (C=O) groups excluding carboxylic acids is 1. The standard InChI is InChI=1S/C19H18ClFN6O3S/c20-15-6-4-14(5-7-15)19-22-24-27(23-19)13-18(28)25-8-10-26(11-9-25)31(29,30)17-3-1-2-16(21)12-17/h1-7,12H,8-11,13H2. The first-order valence-corrected chi connectivity index (χ1v) is 11.2. The third-order valence-electron chi connectivity index (χ3n) is 4.86. The van der Waals surface area contributed by atoms with E-state index in [1.807, 2.05) is 0 Å². The Kier molecular flexibility index (Phi) is 5.99. The highest BCUT2D eigenvalue weighted by Crippen LogP contribution is 2.19. The van der Waals surface area contributed by atoms with Gasteiger partial charge in [0, 0.05) is 36.8 Å². The molecule has 1 aromatic heterocycles. The van der Waals surface area contributed by atoms with Gasteiger partial charge in [-0.05, 0) is 47.7 Å².